The van der Waals surface area contributed by atoms with Crippen LogP contribution in [0.1, 0.15) is 22.3 Å². The molecule has 1 unspecified atom stereocenters. The predicted molar refractivity (Wildman–Crippen MR) is 149 cm³/mol. The molecule has 1 N–H and O–H groups in total. The van der Waals surface area contributed by atoms with Gasteiger partial charge in [0.15, 0.2) is 0 Å². The first-order chi connectivity index (χ1) is 18.9. The van der Waals surface area contributed by atoms with E-state index in [2.05, 4.69) is 5.32 Å². The Bertz CT molecular complexity index is 1570. The lowest BCUT2D eigenvalue weighted by molar-refractivity contribution is -0.137. The number of carbonyl (C=O) groups is 2. The number of anilines is 2. The molecule has 0 aliphatic carbocycles. The number of rotatable bonds is 6. The first-order valence-electron chi connectivity index (χ1n) is 12.0. The Kier molecular flexibility index (Phi) is 8.47. The quantitative estimate of drug-likeness (QED) is 0.248. The van der Waals surface area contributed by atoms with Crippen molar-refractivity contribution in [2.24, 2.45) is 0 Å². The number of carbonyl (C=O) groups excluding carboxylic acids is 2. The normalized spacial score (nSPS) is 16.5. The van der Waals surface area contributed by atoms with Crippen molar-refractivity contribution < 1.29 is 27.5 Å². The number of aryl methyl sites for hydroxylation is 2. The van der Waals surface area contributed by atoms with Gasteiger partial charge in [-0.1, -0.05) is 41.6 Å². The molecule has 1 atom stereocenters. The molecular weight excluding hydrogens is 563 g/mol. The van der Waals surface area contributed by atoms with Crippen molar-refractivity contribution in [3.8, 4) is 11.8 Å². The smallest absolute Gasteiger partial charge is 0.416 e. The van der Waals surface area contributed by atoms with Gasteiger partial charge in [-0.3, -0.25) is 14.5 Å². The van der Waals surface area contributed by atoms with Gasteiger partial charge < -0.3 is 10.1 Å². The molecule has 1 aliphatic heterocycles. The molecule has 2 amide bonds. The van der Waals surface area contributed by atoms with Crippen LogP contribution >= 0.6 is 23.4 Å². The van der Waals surface area contributed by atoms with Crippen molar-refractivity contribution in [1.82, 2.24) is 0 Å². The molecule has 0 bridgehead atoms. The number of halogens is 4. The second kappa shape index (κ2) is 11.7. The zero-order valence-electron chi connectivity index (χ0n) is 21.6. The van der Waals surface area contributed by atoms with Crippen LogP contribution in [0.15, 0.2) is 71.3 Å². The maximum Gasteiger partial charge on any atom is 0.416 e. The minimum absolute atomic E-state index is 0.0660. The number of nitrogens with one attached hydrogen (secondary N) is 1. The molecule has 1 fully saturated rings. The van der Waals surface area contributed by atoms with Gasteiger partial charge in [0.05, 0.1) is 23.6 Å². The average Bonchev–Trinajstić information content (AvgIpc) is 3.22. The second-order valence-electron chi connectivity index (χ2n) is 9.00. The number of nitrogens with zero attached hydrogens (tertiary/aromatic N) is 2. The molecule has 6 nitrogen and oxygen atoms in total. The van der Waals surface area contributed by atoms with Crippen LogP contribution in [0.4, 0.5) is 24.5 Å². The van der Waals surface area contributed by atoms with Crippen molar-refractivity contribution in [2.45, 2.75) is 31.7 Å². The third-order valence-corrected chi connectivity index (χ3v) is 8.02. The van der Waals surface area contributed by atoms with Crippen molar-refractivity contribution >= 4 is 46.6 Å². The van der Waals surface area contributed by atoms with E-state index >= 15 is 0 Å². The van der Waals surface area contributed by atoms with Crippen LogP contribution < -0.4 is 15.0 Å². The van der Waals surface area contributed by atoms with Crippen LogP contribution in [0.5, 0.6) is 5.75 Å². The third kappa shape index (κ3) is 5.96. The number of benzene rings is 3. The molecule has 1 heterocycles. The van der Waals surface area contributed by atoms with Gasteiger partial charge in [0, 0.05) is 10.7 Å². The molecular formula is C29H23ClF3N3O3S. The summed E-state index contributed by atoms with van der Waals surface area (Å²) >= 11 is 7.15. The Labute approximate surface area is 238 Å². The highest BCUT2D eigenvalue weighted by Gasteiger charge is 2.41. The molecule has 40 heavy (non-hydrogen) atoms. The standard InChI is InChI=1S/C29H23ClF3N3O3S/c1-16-8-10-20(12-17(16)2)36-27(38)25(14-18-13-19(29(31,32)33)9-11-22(18)30)40-28(36)21(15-34)26(37)35-23-6-4-5-7-24(23)39-3/h4-13,25H,14H2,1-3H3,(H,35,37)/b28-21-. The minimum atomic E-state index is -4.59. The largest absolute Gasteiger partial charge is 0.495 e. The Morgan fingerprint density at radius 1 is 1.12 bits per heavy atom. The van der Waals surface area contributed by atoms with Crippen LogP contribution in [0, 0.1) is 25.2 Å². The highest BCUT2D eigenvalue weighted by atomic mass is 35.5. The number of amides is 2. The summed E-state index contributed by atoms with van der Waals surface area (Å²) in [6.07, 6.45) is -4.74. The number of thioether (sulfide) groups is 1. The van der Waals surface area contributed by atoms with Crippen LogP contribution in [0.2, 0.25) is 5.02 Å². The molecule has 4 rings (SSSR count). The Balaban J connectivity index is 1.78. The highest BCUT2D eigenvalue weighted by Crippen LogP contribution is 2.43. The lowest BCUT2D eigenvalue weighted by Crippen LogP contribution is -2.31. The van der Waals surface area contributed by atoms with E-state index in [1.165, 1.54) is 12.0 Å². The van der Waals surface area contributed by atoms with E-state index in [9.17, 15) is 28.0 Å². The zero-order valence-corrected chi connectivity index (χ0v) is 23.2. The van der Waals surface area contributed by atoms with E-state index in [0.717, 1.165) is 41.1 Å². The predicted octanol–water partition coefficient (Wildman–Crippen LogP) is 7.05. The number of para-hydroxylation sites is 2. The molecule has 206 valence electrons. The number of nitriles is 1. The van der Waals surface area contributed by atoms with Gasteiger partial charge in [0.1, 0.15) is 22.4 Å². The number of hydrogen-bond donors (Lipinski definition) is 1. The maximum absolute atomic E-state index is 13.8. The van der Waals surface area contributed by atoms with E-state index in [-0.39, 0.29) is 27.6 Å². The van der Waals surface area contributed by atoms with Gasteiger partial charge in [-0.15, -0.1) is 0 Å². The summed E-state index contributed by atoms with van der Waals surface area (Å²) in [6.45, 7) is 3.76. The van der Waals surface area contributed by atoms with Crippen molar-refractivity contribution in [3.05, 3.63) is 98.5 Å². The van der Waals surface area contributed by atoms with Crippen LogP contribution in [0.3, 0.4) is 0 Å². The zero-order chi connectivity index (χ0) is 29.2. The Morgan fingerprint density at radius 2 is 1.85 bits per heavy atom. The third-order valence-electron chi connectivity index (χ3n) is 6.39. The lowest BCUT2D eigenvalue weighted by Gasteiger charge is -2.20. The number of ether oxygens (including phenoxy) is 1. The second-order valence-corrected chi connectivity index (χ2v) is 10.6. The van der Waals surface area contributed by atoms with E-state index in [1.807, 2.05) is 19.9 Å². The maximum atomic E-state index is 13.8. The summed E-state index contributed by atoms with van der Waals surface area (Å²) in [5, 5.41) is 11.9. The number of methoxy groups -OCH3 is 1. The lowest BCUT2D eigenvalue weighted by atomic mass is 10.0. The summed E-state index contributed by atoms with van der Waals surface area (Å²) in [5.41, 5.74) is 1.49. The fraction of sp³-hybridized carbons (Fsp3) is 0.207. The molecule has 3 aromatic carbocycles. The van der Waals surface area contributed by atoms with Gasteiger partial charge in [0.2, 0.25) is 5.91 Å². The van der Waals surface area contributed by atoms with E-state index in [4.69, 9.17) is 16.3 Å². The summed E-state index contributed by atoms with van der Waals surface area (Å²) in [4.78, 5) is 28.4. The summed E-state index contributed by atoms with van der Waals surface area (Å²) < 4.78 is 45.3. The summed E-state index contributed by atoms with van der Waals surface area (Å²) in [6, 6.07) is 16.7. The highest BCUT2D eigenvalue weighted by molar-refractivity contribution is 8.05. The van der Waals surface area contributed by atoms with Crippen LogP contribution in [0.25, 0.3) is 0 Å². The van der Waals surface area contributed by atoms with Gasteiger partial charge in [-0.25, -0.2) is 0 Å². The van der Waals surface area contributed by atoms with Crippen molar-refractivity contribution in [2.75, 3.05) is 17.3 Å². The first kappa shape index (κ1) is 29.1. The Hall–Kier alpha value is -3.94. The average molecular weight is 586 g/mol. The molecule has 0 saturated carbocycles. The monoisotopic (exact) mass is 585 g/mol. The molecule has 1 saturated heterocycles. The topological polar surface area (TPSA) is 82.4 Å². The first-order valence-corrected chi connectivity index (χ1v) is 13.2. The number of alkyl halides is 3. The molecule has 0 spiro atoms. The molecule has 0 radical (unpaired) electrons. The van der Waals surface area contributed by atoms with Gasteiger partial charge in [-0.05, 0) is 79.4 Å². The summed E-state index contributed by atoms with van der Waals surface area (Å²) in [5.74, 6) is -0.889. The van der Waals surface area contributed by atoms with E-state index < -0.39 is 28.8 Å². The minimum Gasteiger partial charge on any atom is -0.495 e. The van der Waals surface area contributed by atoms with Crippen LogP contribution in [-0.4, -0.2) is 24.2 Å². The van der Waals surface area contributed by atoms with E-state index in [1.54, 1.807) is 42.5 Å². The van der Waals surface area contributed by atoms with E-state index in [0.29, 0.717) is 17.1 Å². The SMILES string of the molecule is COc1ccccc1NC(=O)/C(C#N)=C1\SC(Cc2cc(C(F)(F)F)ccc2Cl)C(=O)N1c1ccc(C)c(C)c1. The molecule has 1 aliphatic rings. The number of hydrogen-bond acceptors (Lipinski definition) is 5. The summed E-state index contributed by atoms with van der Waals surface area (Å²) in [7, 11) is 1.44. The fourth-order valence-electron chi connectivity index (χ4n) is 4.13. The van der Waals surface area contributed by atoms with Crippen LogP contribution in [-0.2, 0) is 22.2 Å². The fourth-order valence-corrected chi connectivity index (χ4v) is 5.62. The van der Waals surface area contributed by atoms with Gasteiger partial charge >= 0.3 is 6.18 Å². The Morgan fingerprint density at radius 3 is 2.50 bits per heavy atom. The molecule has 11 heteroatoms. The molecule has 0 aromatic heterocycles. The van der Waals surface area contributed by atoms with Crippen molar-refractivity contribution in [3.63, 3.8) is 0 Å². The van der Waals surface area contributed by atoms with Gasteiger partial charge in [-0.2, -0.15) is 18.4 Å². The van der Waals surface area contributed by atoms with Gasteiger partial charge in [0.25, 0.3) is 5.91 Å². The molecule has 3 aromatic rings. The van der Waals surface area contributed by atoms with Crippen molar-refractivity contribution in [1.29, 1.82) is 5.26 Å².